The fraction of sp³-hybridized carbons (Fsp3) is 0.364. The molecule has 0 bridgehead atoms. The fourth-order valence-corrected chi connectivity index (χ4v) is 4.68. The van der Waals surface area contributed by atoms with Crippen molar-refractivity contribution < 1.29 is 14.3 Å². The molecule has 0 spiro atoms. The quantitative estimate of drug-likeness (QED) is 0.673. The minimum atomic E-state index is -0.773. The molecule has 1 aliphatic rings. The first-order valence-electron chi connectivity index (χ1n) is 9.73. The summed E-state index contributed by atoms with van der Waals surface area (Å²) in [7, 11) is 0. The number of nitrogens with zero attached hydrogens (tertiary/aromatic N) is 2. The molecule has 1 saturated heterocycles. The number of benzene rings is 1. The summed E-state index contributed by atoms with van der Waals surface area (Å²) in [4.78, 5) is 19.7. The van der Waals surface area contributed by atoms with Crippen molar-refractivity contribution in [1.29, 1.82) is 0 Å². The van der Waals surface area contributed by atoms with Gasteiger partial charge in [0.05, 0.1) is 22.2 Å². The lowest BCUT2D eigenvalue weighted by molar-refractivity contribution is -0.125. The summed E-state index contributed by atoms with van der Waals surface area (Å²) < 4.78 is 5.84. The van der Waals surface area contributed by atoms with Gasteiger partial charge >= 0.3 is 0 Å². The standard InChI is InChI=1S/C22H25N3O3S/c1-15-18(23-21(28-15)19-9-6-12-29-19)13-25-11-10-22(20(27)14-25,24-16(2)26)17-7-4-3-5-8-17/h3-9,12,20,27H,10-11,13-14H2,1-2H3,(H,24,26)/t20-,22-/m1/s1. The van der Waals surface area contributed by atoms with Crippen LogP contribution in [0.3, 0.4) is 0 Å². The maximum atomic E-state index is 11.9. The summed E-state index contributed by atoms with van der Waals surface area (Å²) in [6.45, 7) is 5.19. The lowest BCUT2D eigenvalue weighted by Crippen LogP contribution is -2.61. The zero-order chi connectivity index (χ0) is 20.4. The SMILES string of the molecule is CC(=O)N[C@@]1(c2ccccc2)CCN(Cc2nc(-c3cccs3)oc2C)C[C@H]1O. The van der Waals surface area contributed by atoms with Crippen LogP contribution in [0.2, 0.25) is 0 Å². The van der Waals surface area contributed by atoms with Crippen LogP contribution >= 0.6 is 11.3 Å². The number of aliphatic hydroxyl groups excluding tert-OH is 1. The molecule has 1 fully saturated rings. The van der Waals surface area contributed by atoms with E-state index in [9.17, 15) is 9.90 Å². The van der Waals surface area contributed by atoms with E-state index in [1.54, 1.807) is 11.3 Å². The van der Waals surface area contributed by atoms with Gasteiger partial charge in [-0.3, -0.25) is 9.69 Å². The number of hydrogen-bond donors (Lipinski definition) is 2. The molecule has 3 aromatic rings. The maximum absolute atomic E-state index is 11.9. The van der Waals surface area contributed by atoms with E-state index in [0.717, 1.165) is 28.4 Å². The average Bonchev–Trinajstić information content (AvgIpc) is 3.35. The van der Waals surface area contributed by atoms with Gasteiger partial charge in [0.1, 0.15) is 5.76 Å². The van der Waals surface area contributed by atoms with Crippen molar-refractivity contribution in [2.75, 3.05) is 13.1 Å². The second-order valence-corrected chi connectivity index (χ2v) is 8.47. The molecule has 0 saturated carbocycles. The molecule has 1 amide bonds. The number of hydrogen-bond acceptors (Lipinski definition) is 6. The Bertz CT molecular complexity index is 971. The number of rotatable bonds is 5. The van der Waals surface area contributed by atoms with Crippen molar-refractivity contribution in [1.82, 2.24) is 15.2 Å². The number of carbonyl (C=O) groups is 1. The Balaban J connectivity index is 1.52. The van der Waals surface area contributed by atoms with Crippen LogP contribution in [0.1, 0.15) is 30.4 Å². The van der Waals surface area contributed by atoms with Gasteiger partial charge in [0.25, 0.3) is 0 Å². The number of aromatic nitrogens is 1. The Morgan fingerprint density at radius 2 is 2.14 bits per heavy atom. The first-order chi connectivity index (χ1) is 14.0. The third kappa shape index (κ3) is 3.99. The summed E-state index contributed by atoms with van der Waals surface area (Å²) in [6, 6.07) is 13.7. The maximum Gasteiger partial charge on any atom is 0.236 e. The largest absolute Gasteiger partial charge is 0.440 e. The Kier molecular flexibility index (Phi) is 5.54. The second-order valence-electron chi connectivity index (χ2n) is 7.52. The molecule has 2 N–H and O–H groups in total. The van der Waals surface area contributed by atoms with Crippen LogP contribution in [0.15, 0.2) is 52.3 Å². The van der Waals surface area contributed by atoms with Gasteiger partial charge in [-0.25, -0.2) is 4.98 Å². The van der Waals surface area contributed by atoms with E-state index in [-0.39, 0.29) is 5.91 Å². The highest BCUT2D eigenvalue weighted by atomic mass is 32.1. The van der Waals surface area contributed by atoms with Crippen molar-refractivity contribution in [3.8, 4) is 10.8 Å². The highest BCUT2D eigenvalue weighted by Crippen LogP contribution is 2.34. The number of nitrogens with one attached hydrogen (secondary N) is 1. The fourth-order valence-electron chi connectivity index (χ4n) is 4.03. The predicted octanol–water partition coefficient (Wildman–Crippen LogP) is 3.31. The van der Waals surface area contributed by atoms with Crippen LogP contribution in [-0.2, 0) is 16.9 Å². The number of amides is 1. The van der Waals surface area contributed by atoms with Crippen LogP contribution in [0.5, 0.6) is 0 Å². The van der Waals surface area contributed by atoms with Crippen LogP contribution < -0.4 is 5.32 Å². The molecule has 4 rings (SSSR count). The predicted molar refractivity (Wildman–Crippen MR) is 112 cm³/mol. The van der Waals surface area contributed by atoms with Gasteiger partial charge in [-0.1, -0.05) is 36.4 Å². The summed E-state index contributed by atoms with van der Waals surface area (Å²) in [5, 5.41) is 16.1. The van der Waals surface area contributed by atoms with Gasteiger partial charge in [-0.05, 0) is 30.4 Å². The molecule has 152 valence electrons. The van der Waals surface area contributed by atoms with Crippen molar-refractivity contribution in [3.63, 3.8) is 0 Å². The molecular weight excluding hydrogens is 386 g/mol. The van der Waals surface area contributed by atoms with Crippen LogP contribution in [-0.4, -0.2) is 40.1 Å². The molecule has 0 aliphatic carbocycles. The molecule has 0 radical (unpaired) electrons. The van der Waals surface area contributed by atoms with Gasteiger partial charge in [0, 0.05) is 26.6 Å². The molecule has 6 nitrogen and oxygen atoms in total. The van der Waals surface area contributed by atoms with Crippen LogP contribution in [0, 0.1) is 6.92 Å². The molecular formula is C22H25N3O3S. The minimum Gasteiger partial charge on any atom is -0.440 e. The molecule has 1 aliphatic heterocycles. The zero-order valence-electron chi connectivity index (χ0n) is 16.6. The van der Waals surface area contributed by atoms with Gasteiger partial charge in [0.2, 0.25) is 11.8 Å². The summed E-state index contributed by atoms with van der Waals surface area (Å²) >= 11 is 1.60. The normalized spacial score (nSPS) is 22.5. The first-order valence-corrected chi connectivity index (χ1v) is 10.6. The third-order valence-corrected chi connectivity index (χ3v) is 6.37. The molecule has 1 aromatic carbocycles. The Morgan fingerprint density at radius 1 is 1.34 bits per heavy atom. The first kappa shape index (κ1) is 19.8. The molecule has 7 heteroatoms. The average molecular weight is 412 g/mol. The highest BCUT2D eigenvalue weighted by molar-refractivity contribution is 7.13. The third-order valence-electron chi connectivity index (χ3n) is 5.51. The Morgan fingerprint density at radius 3 is 2.79 bits per heavy atom. The van der Waals surface area contributed by atoms with E-state index in [1.807, 2.05) is 54.8 Å². The van der Waals surface area contributed by atoms with E-state index < -0.39 is 11.6 Å². The van der Waals surface area contributed by atoms with Gasteiger partial charge < -0.3 is 14.8 Å². The van der Waals surface area contributed by atoms with E-state index in [4.69, 9.17) is 4.42 Å². The van der Waals surface area contributed by atoms with Crippen molar-refractivity contribution >= 4 is 17.2 Å². The van der Waals surface area contributed by atoms with E-state index in [2.05, 4.69) is 15.2 Å². The van der Waals surface area contributed by atoms with Crippen LogP contribution in [0.25, 0.3) is 10.8 Å². The molecule has 0 unspecified atom stereocenters. The molecule has 29 heavy (non-hydrogen) atoms. The Labute approximate surface area is 174 Å². The van der Waals surface area contributed by atoms with E-state index in [1.165, 1.54) is 6.92 Å². The number of piperidine rings is 1. The number of carbonyl (C=O) groups excluding carboxylic acids is 1. The lowest BCUT2D eigenvalue weighted by atomic mass is 9.78. The number of likely N-dealkylation sites (tertiary alicyclic amines) is 1. The number of β-amino-alcohol motifs (C(OH)–C–C–N with tert-alkyl or cyclic N) is 1. The van der Waals surface area contributed by atoms with Gasteiger partial charge in [-0.15, -0.1) is 11.3 Å². The number of oxazole rings is 1. The van der Waals surface area contributed by atoms with Crippen molar-refractivity contribution in [2.24, 2.45) is 0 Å². The molecule has 3 heterocycles. The molecule has 2 atom stereocenters. The lowest BCUT2D eigenvalue weighted by Gasteiger charge is -2.46. The monoisotopic (exact) mass is 411 g/mol. The van der Waals surface area contributed by atoms with E-state index >= 15 is 0 Å². The van der Waals surface area contributed by atoms with E-state index in [0.29, 0.717) is 25.4 Å². The summed E-state index contributed by atoms with van der Waals surface area (Å²) in [6.07, 6.45) is -0.113. The van der Waals surface area contributed by atoms with Crippen LogP contribution in [0.4, 0.5) is 0 Å². The Hall–Kier alpha value is -2.48. The van der Waals surface area contributed by atoms with Crippen molar-refractivity contribution in [2.45, 2.75) is 38.5 Å². The van der Waals surface area contributed by atoms with Gasteiger partial charge in [0.15, 0.2) is 0 Å². The number of aryl methyl sites for hydroxylation is 1. The highest BCUT2D eigenvalue weighted by Gasteiger charge is 2.44. The number of thiophene rings is 1. The van der Waals surface area contributed by atoms with Crippen molar-refractivity contribution in [3.05, 3.63) is 64.9 Å². The topological polar surface area (TPSA) is 78.6 Å². The smallest absolute Gasteiger partial charge is 0.236 e. The second kappa shape index (κ2) is 8.10. The minimum absolute atomic E-state index is 0.144. The van der Waals surface area contributed by atoms with Gasteiger partial charge in [-0.2, -0.15) is 0 Å². The molecule has 2 aromatic heterocycles. The summed E-state index contributed by atoms with van der Waals surface area (Å²) in [5.74, 6) is 1.29. The number of aliphatic hydroxyl groups is 1. The zero-order valence-corrected chi connectivity index (χ0v) is 17.4. The summed E-state index contributed by atoms with van der Waals surface area (Å²) in [5.41, 5.74) is 1.04.